The van der Waals surface area contributed by atoms with Gasteiger partial charge >= 0.3 is 7.82 Å². The number of rotatable bonds is 10. The molecule has 0 saturated carbocycles. The summed E-state index contributed by atoms with van der Waals surface area (Å²) in [4.78, 5) is 13.5. The summed E-state index contributed by atoms with van der Waals surface area (Å²) < 4.78 is 53.1. The maximum absolute atomic E-state index is 13.5. The number of phosphoric acid groups is 1. The highest BCUT2D eigenvalue weighted by molar-refractivity contribution is 7.48. The molecule has 0 atom stereocenters. The van der Waals surface area contributed by atoms with Gasteiger partial charge in [-0.1, -0.05) is 0 Å². The maximum Gasteiger partial charge on any atom is 0.563 e. The molecule has 0 fully saturated rings. The number of carbonyl (C=O) groups is 1. The molecule has 0 amide bonds. The lowest BCUT2D eigenvalue weighted by atomic mass is 9.99. The van der Waals surface area contributed by atoms with Crippen molar-refractivity contribution in [2.24, 2.45) is 11.8 Å². The highest BCUT2D eigenvalue weighted by Crippen LogP contribution is 2.52. The summed E-state index contributed by atoms with van der Waals surface area (Å²) in [6.45, 7) is 1.58. The molecule has 0 bridgehead atoms. The molecule has 3 aromatic rings. The third kappa shape index (κ3) is 4.34. The second kappa shape index (κ2) is 9.69. The van der Waals surface area contributed by atoms with E-state index in [-0.39, 0.29) is 34.0 Å². The first kappa shape index (κ1) is 24.4. The second-order valence-electron chi connectivity index (χ2n) is 6.50. The fourth-order valence-corrected chi connectivity index (χ4v) is 3.83. The predicted molar refractivity (Wildman–Crippen MR) is 116 cm³/mol. The van der Waals surface area contributed by atoms with Crippen LogP contribution in [-0.4, -0.2) is 34.2 Å². The van der Waals surface area contributed by atoms with Crippen molar-refractivity contribution in [2.45, 2.75) is 6.92 Å². The molecular weight excluding hydrogens is 459 g/mol. The molecule has 0 unspecified atom stereocenters. The van der Waals surface area contributed by atoms with Crippen LogP contribution >= 0.6 is 7.82 Å². The minimum Gasteiger partial charge on any atom is -0.493 e. The molecule has 0 spiro atoms. The number of furan rings is 1. The molecule has 0 radical (unpaired) electrons. The van der Waals surface area contributed by atoms with Gasteiger partial charge in [-0.15, -0.1) is 0 Å². The zero-order chi connectivity index (χ0) is 24.3. The first-order valence-corrected chi connectivity index (χ1v) is 10.7. The van der Waals surface area contributed by atoms with Crippen LogP contribution in [0.3, 0.4) is 0 Å². The van der Waals surface area contributed by atoms with Gasteiger partial charge in [-0.05, 0) is 31.2 Å². The van der Waals surface area contributed by atoms with Crippen LogP contribution in [0.2, 0.25) is 0 Å². The van der Waals surface area contributed by atoms with Crippen molar-refractivity contribution in [3.8, 4) is 28.7 Å². The topological polar surface area (TPSA) is 164 Å². The van der Waals surface area contributed by atoms with E-state index in [4.69, 9.17) is 39.7 Å². The highest BCUT2D eigenvalue weighted by atomic mass is 31.2. The number of hydrogen-bond donors (Lipinski definition) is 2. The van der Waals surface area contributed by atoms with Crippen LogP contribution in [0.25, 0.3) is 11.0 Å². The van der Waals surface area contributed by atoms with Crippen molar-refractivity contribution in [2.75, 3.05) is 28.4 Å². The van der Waals surface area contributed by atoms with Crippen molar-refractivity contribution < 1.29 is 46.5 Å². The molecule has 3 rings (SSSR count). The molecule has 2 aromatic carbocycles. The molecule has 0 aliphatic heterocycles. The fourth-order valence-electron chi connectivity index (χ4n) is 3.30. The summed E-state index contributed by atoms with van der Waals surface area (Å²) >= 11 is 0. The van der Waals surface area contributed by atoms with E-state index in [9.17, 15) is 9.36 Å². The Morgan fingerprint density at radius 3 is 1.94 bits per heavy atom. The molecule has 0 aliphatic rings. The third-order valence-corrected chi connectivity index (χ3v) is 5.71. The number of nitrogens with two attached hydrogens (primary N) is 2. The van der Waals surface area contributed by atoms with E-state index in [1.807, 2.05) is 0 Å². The van der Waals surface area contributed by atoms with E-state index in [1.54, 1.807) is 13.0 Å². The summed E-state index contributed by atoms with van der Waals surface area (Å²) in [6.07, 6.45) is 0. The molecule has 13 heteroatoms. The summed E-state index contributed by atoms with van der Waals surface area (Å²) in [5, 5.41) is 0.336. The van der Waals surface area contributed by atoms with Gasteiger partial charge in [-0.2, -0.15) is 9.25 Å². The molecule has 1 aromatic heterocycles. The Morgan fingerprint density at radius 1 is 0.879 bits per heavy atom. The molecule has 4 N–H and O–H groups in total. The lowest BCUT2D eigenvalue weighted by molar-refractivity contribution is 0.103. The number of benzene rings is 2. The SMILES string of the molecule is COc1cc(C(=O)c2c(C)oc3c(OP(=O)(ON)ON)c(OC)ccc23)cc(OC)c1OC. The van der Waals surface area contributed by atoms with Crippen LogP contribution in [0.4, 0.5) is 0 Å². The Morgan fingerprint density at radius 2 is 1.45 bits per heavy atom. The quantitative estimate of drug-likeness (QED) is 0.246. The third-order valence-electron chi connectivity index (χ3n) is 4.79. The van der Waals surface area contributed by atoms with Gasteiger partial charge in [0, 0.05) is 10.9 Å². The predicted octanol–water partition coefficient (Wildman–Crippen LogP) is 3.27. The second-order valence-corrected chi connectivity index (χ2v) is 8.00. The fraction of sp³-hybridized carbons (Fsp3) is 0.250. The van der Waals surface area contributed by atoms with Gasteiger partial charge in [0.05, 0.1) is 34.0 Å². The largest absolute Gasteiger partial charge is 0.563 e. The zero-order valence-corrected chi connectivity index (χ0v) is 19.4. The zero-order valence-electron chi connectivity index (χ0n) is 18.5. The van der Waals surface area contributed by atoms with Crippen molar-refractivity contribution >= 4 is 24.6 Å². The van der Waals surface area contributed by atoms with Crippen LogP contribution in [0.1, 0.15) is 21.7 Å². The Kier molecular flexibility index (Phi) is 7.15. The van der Waals surface area contributed by atoms with Gasteiger partial charge in [0.25, 0.3) is 0 Å². The summed E-state index contributed by atoms with van der Waals surface area (Å²) in [6, 6.07) is 6.10. The monoisotopic (exact) mass is 482 g/mol. The first-order chi connectivity index (χ1) is 15.8. The summed E-state index contributed by atoms with van der Waals surface area (Å²) in [7, 11) is 1.31. The number of fused-ring (bicyclic) bond motifs is 1. The molecule has 0 aliphatic carbocycles. The van der Waals surface area contributed by atoms with Crippen LogP contribution in [0.15, 0.2) is 28.7 Å². The Balaban J connectivity index is 2.21. The Labute approximate surface area is 188 Å². The van der Waals surface area contributed by atoms with Gasteiger partial charge in [-0.25, -0.2) is 16.4 Å². The minimum atomic E-state index is -4.38. The van der Waals surface area contributed by atoms with Crippen molar-refractivity contribution in [1.82, 2.24) is 0 Å². The number of ketones is 1. The van der Waals surface area contributed by atoms with Gasteiger partial charge in [0.2, 0.25) is 11.5 Å². The van der Waals surface area contributed by atoms with Crippen LogP contribution < -0.4 is 35.3 Å². The van der Waals surface area contributed by atoms with Crippen LogP contribution in [-0.2, 0) is 13.8 Å². The Bertz CT molecular complexity index is 1210. The number of hydrogen-bond acceptors (Lipinski definition) is 12. The van der Waals surface area contributed by atoms with E-state index in [0.717, 1.165) is 0 Å². The highest BCUT2D eigenvalue weighted by Gasteiger charge is 2.33. The number of carbonyl (C=O) groups excluding carboxylic acids is 1. The summed E-state index contributed by atoms with van der Waals surface area (Å²) in [5.74, 6) is 10.7. The van der Waals surface area contributed by atoms with Gasteiger partial charge in [-0.3, -0.25) is 4.79 Å². The first-order valence-electron chi connectivity index (χ1n) is 9.28. The maximum atomic E-state index is 13.5. The van der Waals surface area contributed by atoms with E-state index >= 15 is 0 Å². The number of methoxy groups -OCH3 is 4. The van der Waals surface area contributed by atoms with Crippen LogP contribution in [0, 0.1) is 6.92 Å². The molecule has 178 valence electrons. The van der Waals surface area contributed by atoms with E-state index < -0.39 is 13.6 Å². The van der Waals surface area contributed by atoms with Gasteiger partial charge in [0.1, 0.15) is 5.76 Å². The summed E-state index contributed by atoms with van der Waals surface area (Å²) in [5.41, 5.74) is 0.496. The van der Waals surface area contributed by atoms with Crippen molar-refractivity contribution in [3.05, 3.63) is 41.2 Å². The molecule has 12 nitrogen and oxygen atoms in total. The standard InChI is InChI=1S/C20H23N2O10P/c1-10-16(17(23)11-8-14(26-3)19(28-5)15(9-11)27-4)12-6-7-13(25-2)20(18(12)29-10)30-33(24,31-21)32-22/h6-9H,21-22H2,1-5H3. The Hall–Kier alpha value is -3.28. The minimum absolute atomic E-state index is 0.0389. The van der Waals surface area contributed by atoms with Gasteiger partial charge < -0.3 is 27.9 Å². The molecule has 1 heterocycles. The molecule has 0 saturated heterocycles. The van der Waals surface area contributed by atoms with E-state index in [0.29, 0.717) is 22.6 Å². The smallest absolute Gasteiger partial charge is 0.493 e. The molecule has 33 heavy (non-hydrogen) atoms. The number of ether oxygens (including phenoxy) is 4. The van der Waals surface area contributed by atoms with E-state index in [1.165, 1.54) is 46.6 Å². The average Bonchev–Trinajstić information content (AvgIpc) is 3.18. The van der Waals surface area contributed by atoms with Crippen molar-refractivity contribution in [3.63, 3.8) is 0 Å². The van der Waals surface area contributed by atoms with Crippen LogP contribution in [0.5, 0.6) is 28.7 Å². The lowest BCUT2D eigenvalue weighted by Crippen LogP contribution is -2.10. The van der Waals surface area contributed by atoms with E-state index in [2.05, 4.69) is 9.25 Å². The number of aryl methyl sites for hydroxylation is 1. The van der Waals surface area contributed by atoms with Gasteiger partial charge in [0.15, 0.2) is 28.6 Å². The normalized spacial score (nSPS) is 11.4. The van der Waals surface area contributed by atoms with Crippen molar-refractivity contribution in [1.29, 1.82) is 0 Å². The average molecular weight is 482 g/mol. The molecular formula is C20H23N2O10P. The lowest BCUT2D eigenvalue weighted by Gasteiger charge is -2.15.